The molecule has 4 aromatic heterocycles. The molecule has 2 bridgehead atoms. The number of phenolic OH excluding ortho intramolecular Hbond substituents is 1. The summed E-state index contributed by atoms with van der Waals surface area (Å²) in [4.78, 5) is 61.1. The van der Waals surface area contributed by atoms with E-state index in [0.29, 0.717) is 100 Å². The first-order valence-corrected chi connectivity index (χ1v) is 29.9. The third-order valence-corrected chi connectivity index (χ3v) is 17.3. The number of fused-ring (bicyclic) bond motifs is 4. The van der Waals surface area contributed by atoms with E-state index in [1.165, 1.54) is 12.3 Å². The average molecular weight is 1190 g/mol. The summed E-state index contributed by atoms with van der Waals surface area (Å²) < 4.78 is 50.4. The molecular formula is C65H72F2N12O8. The van der Waals surface area contributed by atoms with E-state index < -0.39 is 35.4 Å². The third kappa shape index (κ3) is 11.8. The number of aliphatic hydroxyl groups excluding tert-OH is 1. The summed E-state index contributed by atoms with van der Waals surface area (Å²) in [6, 6.07) is 17.3. The van der Waals surface area contributed by atoms with Crippen LogP contribution in [0.4, 0.5) is 19.4 Å². The average Bonchev–Trinajstić information content (AvgIpc) is 1.95. The standard InChI is InChI=1S/C65H72F2N12O8/c1-35(2)58(62(83)76-24-8-9-54(76)61(82)70-53(33-80)41-19-17-38(18-20-41)44-22-23-68-29-50(44)67)79-32-52(74-75-79)40-13-10-37(11-14-40)12-21-45-49(66)27-51-48(28-69-73-51)55(45)56-46(39-15-16-39)26-47-57(59(56)81)71-63(86-34-36(3)85-7)72-60(47)77-30-43-25-42(77)31-78(43)64(84)87-65(4,5)6/h10-11,13-14,17-20,22-23,26-29,32,35-36,39,42-43,53-54,58,80-81H,8-9,12,15-16,21,24-25,30-31,33-34H2,1-7H3,(H,69,73)(H,70,82)/t36-,42?,43?,53?,54?,58?/m0/s1. The van der Waals surface area contributed by atoms with Crippen LogP contribution in [0.1, 0.15) is 114 Å². The molecule has 3 saturated heterocycles. The number of carbonyl (C=O) groups excluding carboxylic acids is 3. The van der Waals surface area contributed by atoms with Gasteiger partial charge in [-0.1, -0.05) is 67.6 Å². The molecule has 12 rings (SSSR count). The van der Waals surface area contributed by atoms with Gasteiger partial charge in [-0.05, 0) is 130 Å². The number of H-pyrrole nitrogens is 1. The van der Waals surface area contributed by atoms with Crippen molar-refractivity contribution in [1.82, 2.24) is 55.3 Å². The molecule has 1 aliphatic carbocycles. The van der Waals surface area contributed by atoms with Crippen LogP contribution in [-0.2, 0) is 31.9 Å². The van der Waals surface area contributed by atoms with Gasteiger partial charge in [-0.25, -0.2) is 18.3 Å². The van der Waals surface area contributed by atoms with Crippen LogP contribution in [0, 0.1) is 17.6 Å². The molecule has 3 amide bonds. The van der Waals surface area contributed by atoms with Crippen molar-refractivity contribution in [2.45, 2.75) is 134 Å². The molecule has 4 fully saturated rings. The van der Waals surface area contributed by atoms with Gasteiger partial charge in [0.2, 0.25) is 11.8 Å². The zero-order valence-electron chi connectivity index (χ0n) is 49.8. The van der Waals surface area contributed by atoms with Crippen LogP contribution >= 0.6 is 0 Å². The number of nitrogens with one attached hydrogen (secondary N) is 2. The van der Waals surface area contributed by atoms with Crippen molar-refractivity contribution < 1.29 is 47.6 Å². The van der Waals surface area contributed by atoms with E-state index in [1.54, 1.807) is 64.3 Å². The van der Waals surface area contributed by atoms with Gasteiger partial charge < -0.3 is 44.4 Å². The number of hydrogen-bond acceptors (Lipinski definition) is 15. The SMILES string of the molecule is CO[C@@H](C)COc1nc(N2CC3CC2CN3C(=O)OC(C)(C)C)c2cc(C3CC3)c(-c3c(CCc4ccc(-c5cn(C(C(=O)N6CCCC6C(=O)NC(CO)c6ccc(-c7ccncc7F)cc6)C(C)C)nn5)cc4)c(F)cc4[nH]ncc34)c(O)c2n1. The second kappa shape index (κ2) is 23.9. The van der Waals surface area contributed by atoms with Crippen molar-refractivity contribution in [1.29, 1.82) is 0 Å². The number of ether oxygens (including phenoxy) is 3. The van der Waals surface area contributed by atoms with Gasteiger partial charge in [0.05, 0.1) is 54.9 Å². The first-order valence-electron chi connectivity index (χ1n) is 29.9. The number of methoxy groups -OCH3 is 1. The van der Waals surface area contributed by atoms with Gasteiger partial charge in [-0.3, -0.25) is 19.7 Å². The maximum absolute atomic E-state index is 17.0. The van der Waals surface area contributed by atoms with Crippen molar-refractivity contribution in [3.05, 3.63) is 125 Å². The van der Waals surface area contributed by atoms with Crippen LogP contribution in [-0.4, -0.2) is 148 Å². The highest BCUT2D eigenvalue weighted by atomic mass is 19.1. The number of halogens is 2. The number of aliphatic hydroxyl groups is 1. The number of rotatable bonds is 19. The van der Waals surface area contributed by atoms with Crippen molar-refractivity contribution >= 4 is 45.5 Å². The molecule has 4 aromatic carbocycles. The van der Waals surface area contributed by atoms with Gasteiger partial charge in [-0.2, -0.15) is 15.1 Å². The van der Waals surface area contributed by atoms with E-state index in [4.69, 9.17) is 24.2 Å². The van der Waals surface area contributed by atoms with E-state index in [-0.39, 0.29) is 84.8 Å². The molecule has 4 aliphatic rings. The Morgan fingerprint density at radius 3 is 2.33 bits per heavy atom. The lowest BCUT2D eigenvalue weighted by atomic mass is 9.86. The fourth-order valence-corrected chi connectivity index (χ4v) is 12.7. The molecule has 3 aliphatic heterocycles. The summed E-state index contributed by atoms with van der Waals surface area (Å²) >= 11 is 0. The van der Waals surface area contributed by atoms with Gasteiger partial charge in [-0.15, -0.1) is 5.10 Å². The van der Waals surface area contributed by atoms with Crippen LogP contribution in [0.2, 0.25) is 0 Å². The zero-order chi connectivity index (χ0) is 61.0. The first kappa shape index (κ1) is 58.7. The summed E-state index contributed by atoms with van der Waals surface area (Å²) in [6.45, 7) is 12.3. The van der Waals surface area contributed by atoms with Crippen LogP contribution in [0.5, 0.6) is 11.8 Å². The predicted octanol–water partition coefficient (Wildman–Crippen LogP) is 9.79. The highest BCUT2D eigenvalue weighted by molar-refractivity contribution is 6.06. The molecular weight excluding hydrogens is 1110 g/mol. The number of pyridine rings is 1. The highest BCUT2D eigenvalue weighted by Crippen LogP contribution is 2.53. The lowest BCUT2D eigenvalue weighted by Gasteiger charge is -2.36. The maximum atomic E-state index is 17.0. The molecule has 8 aromatic rings. The number of anilines is 1. The largest absolute Gasteiger partial charge is 0.505 e. The quantitative estimate of drug-likeness (QED) is 0.0589. The van der Waals surface area contributed by atoms with Crippen LogP contribution in [0.3, 0.4) is 0 Å². The number of aromatic nitrogens is 8. The monoisotopic (exact) mass is 1190 g/mol. The number of piperazine rings is 1. The number of carbonyl (C=O) groups is 3. The number of benzene rings is 4. The van der Waals surface area contributed by atoms with Crippen LogP contribution < -0.4 is 15.0 Å². The summed E-state index contributed by atoms with van der Waals surface area (Å²) in [6.07, 6.45) is 9.65. The van der Waals surface area contributed by atoms with Crippen molar-refractivity contribution in [2.75, 3.05) is 44.9 Å². The minimum Gasteiger partial charge on any atom is -0.505 e. The normalized spacial score (nSPS) is 18.7. The zero-order valence-corrected chi connectivity index (χ0v) is 49.8. The molecule has 22 heteroatoms. The number of likely N-dealkylation sites (tertiary alicyclic amines) is 2. The lowest BCUT2D eigenvalue weighted by molar-refractivity contribution is -0.142. The predicted molar refractivity (Wildman–Crippen MR) is 322 cm³/mol. The Hall–Kier alpha value is -8.63. The summed E-state index contributed by atoms with van der Waals surface area (Å²) in [5.41, 5.74) is 6.21. The third-order valence-electron chi connectivity index (χ3n) is 17.3. The Bertz CT molecular complexity index is 3880. The van der Waals surface area contributed by atoms with Gasteiger partial charge in [0, 0.05) is 66.0 Å². The minimum atomic E-state index is -0.777. The van der Waals surface area contributed by atoms with E-state index in [9.17, 15) is 29.0 Å². The van der Waals surface area contributed by atoms with Crippen LogP contribution in [0.25, 0.3) is 55.3 Å². The molecule has 7 heterocycles. The maximum Gasteiger partial charge on any atom is 0.410 e. The number of aryl methyl sites for hydroxylation is 1. The summed E-state index contributed by atoms with van der Waals surface area (Å²) in [7, 11) is 1.59. The van der Waals surface area contributed by atoms with E-state index in [0.717, 1.165) is 42.1 Å². The molecule has 4 N–H and O–H groups in total. The fourth-order valence-electron chi connectivity index (χ4n) is 12.7. The van der Waals surface area contributed by atoms with Gasteiger partial charge in [0.15, 0.2) is 0 Å². The minimum absolute atomic E-state index is 0.0514. The van der Waals surface area contributed by atoms with E-state index >= 15 is 4.39 Å². The van der Waals surface area contributed by atoms with Crippen molar-refractivity contribution in [2.24, 2.45) is 5.92 Å². The molecule has 454 valence electrons. The summed E-state index contributed by atoms with van der Waals surface area (Å²) in [5.74, 6) is -1.25. The second-order valence-corrected chi connectivity index (χ2v) is 24.8. The van der Waals surface area contributed by atoms with Crippen molar-refractivity contribution in [3.63, 3.8) is 0 Å². The molecule has 20 nitrogen and oxygen atoms in total. The highest BCUT2D eigenvalue weighted by Gasteiger charge is 2.48. The molecule has 5 unspecified atom stereocenters. The fraction of sp³-hybridized carbons (Fsp3) is 0.431. The second-order valence-electron chi connectivity index (χ2n) is 24.8. The number of amides is 3. The Morgan fingerprint density at radius 2 is 1.64 bits per heavy atom. The van der Waals surface area contributed by atoms with Crippen molar-refractivity contribution in [3.8, 4) is 45.3 Å². The Morgan fingerprint density at radius 1 is 0.874 bits per heavy atom. The molecule has 87 heavy (non-hydrogen) atoms. The molecule has 1 saturated carbocycles. The summed E-state index contributed by atoms with van der Waals surface area (Å²) in [5, 5.41) is 43.8. The molecule has 0 spiro atoms. The molecule has 0 radical (unpaired) electrons. The van der Waals surface area contributed by atoms with E-state index in [2.05, 4.69) is 41.8 Å². The Balaban J connectivity index is 0.782. The van der Waals surface area contributed by atoms with Gasteiger partial charge in [0.25, 0.3) is 0 Å². The van der Waals surface area contributed by atoms with Crippen LogP contribution in [0.15, 0.2) is 91.5 Å². The number of aromatic amines is 1. The molecule has 6 atom stereocenters. The van der Waals surface area contributed by atoms with Gasteiger partial charge >= 0.3 is 12.1 Å². The number of hydrogen-bond donors (Lipinski definition) is 4. The topological polar surface area (TPSA) is 239 Å². The first-order chi connectivity index (χ1) is 41.9. The lowest BCUT2D eigenvalue weighted by Crippen LogP contribution is -2.50. The van der Waals surface area contributed by atoms with Gasteiger partial charge in [0.1, 0.15) is 58.7 Å². The number of nitrogens with zero attached hydrogens (tertiary/aromatic N) is 10. The Kier molecular flexibility index (Phi) is 16.1. The van der Waals surface area contributed by atoms with E-state index in [1.807, 2.05) is 65.8 Å². The number of phenols is 1. The number of aromatic hydroxyl groups is 1. The Labute approximate surface area is 502 Å². The smallest absolute Gasteiger partial charge is 0.410 e.